The third-order valence-electron chi connectivity index (χ3n) is 2.95. The predicted octanol–water partition coefficient (Wildman–Crippen LogP) is 2.28. The maximum absolute atomic E-state index is 11.2. The van der Waals surface area contributed by atoms with Crippen molar-refractivity contribution in [1.29, 1.82) is 0 Å². The van der Waals surface area contributed by atoms with E-state index in [-0.39, 0.29) is 9.71 Å². The summed E-state index contributed by atoms with van der Waals surface area (Å²) in [6.45, 7) is 3.87. The normalized spacial score (nSPS) is 20.3. The van der Waals surface area contributed by atoms with E-state index in [2.05, 4.69) is 38.9 Å². The summed E-state index contributed by atoms with van der Waals surface area (Å²) in [6, 6.07) is 0. The molecule has 5 heteroatoms. The lowest BCUT2D eigenvalue weighted by atomic mass is 10.1. The molecule has 0 aromatic heterocycles. The fourth-order valence-electron chi connectivity index (χ4n) is 1.93. The summed E-state index contributed by atoms with van der Waals surface area (Å²) >= 11 is 6.23. The number of rotatable bonds is 4. The molecule has 1 aliphatic heterocycles. The van der Waals surface area contributed by atoms with E-state index in [1.54, 1.807) is 0 Å². The van der Waals surface area contributed by atoms with Gasteiger partial charge < -0.3 is 9.22 Å². The molecule has 0 bridgehead atoms. The van der Waals surface area contributed by atoms with Gasteiger partial charge in [-0.25, -0.2) is 4.79 Å². The van der Waals surface area contributed by atoms with Crippen LogP contribution in [0.2, 0.25) is 0 Å². The van der Waals surface area contributed by atoms with Crippen molar-refractivity contribution in [2.45, 2.75) is 23.0 Å². The molecule has 0 N–H and O–H groups in total. The predicted molar refractivity (Wildman–Crippen MR) is 67.2 cm³/mol. The van der Waals surface area contributed by atoms with Crippen molar-refractivity contribution >= 4 is 37.8 Å². The number of halogens is 2. The second-order valence-electron chi connectivity index (χ2n) is 4.32. The van der Waals surface area contributed by atoms with Crippen molar-refractivity contribution in [2.75, 3.05) is 33.3 Å². The van der Waals surface area contributed by atoms with Crippen LogP contribution in [0.25, 0.3) is 0 Å². The smallest absolute Gasteiger partial charge is 0.330 e. The third-order valence-corrected chi connectivity index (χ3v) is 3.70. The Hall–Kier alpha value is 0.390. The molecule has 1 heterocycles. The fourth-order valence-corrected chi connectivity index (χ4v) is 2.19. The summed E-state index contributed by atoms with van der Waals surface area (Å²) in [7, 11) is 2.24. The topological polar surface area (TPSA) is 26.3 Å². The maximum atomic E-state index is 11.2. The largest absolute Gasteiger partial charge is 0.458 e. The number of carbonyl (C=O) groups excluding carboxylic acids is 1. The van der Waals surface area contributed by atoms with Crippen LogP contribution in [0.3, 0.4) is 0 Å². The molecule has 1 fully saturated rings. The number of hydrogen-bond acceptors (Lipinski definition) is 2. The number of esters is 1. The van der Waals surface area contributed by atoms with Gasteiger partial charge in [0.25, 0.3) is 0 Å². The Bertz CT molecular complexity index is 215. The molecule has 0 aliphatic carbocycles. The third kappa shape index (κ3) is 4.83. The van der Waals surface area contributed by atoms with Gasteiger partial charge in [-0.15, -0.1) is 0 Å². The van der Waals surface area contributed by atoms with Crippen molar-refractivity contribution in [3.63, 3.8) is 0 Å². The van der Waals surface area contributed by atoms with Crippen LogP contribution in [-0.2, 0) is 9.53 Å². The molecular formula is C10H18Br2NO2+. The molecule has 88 valence electrons. The molecule has 0 amide bonds. The van der Waals surface area contributed by atoms with Crippen molar-refractivity contribution in [3.8, 4) is 0 Å². The Balaban J connectivity index is 2.21. The minimum Gasteiger partial charge on any atom is -0.458 e. The van der Waals surface area contributed by atoms with E-state index in [1.807, 2.05) is 0 Å². The zero-order valence-electron chi connectivity index (χ0n) is 9.05. The first-order valence-corrected chi connectivity index (χ1v) is 7.15. The summed E-state index contributed by atoms with van der Waals surface area (Å²) in [5.41, 5.74) is 0. The number of likely N-dealkylation sites (N-methyl/N-ethyl adjacent to an activating group) is 1. The summed E-state index contributed by atoms with van der Waals surface area (Å²) in [5.74, 6) is -0.237. The summed E-state index contributed by atoms with van der Waals surface area (Å²) in [5, 5.41) is 0. The minimum atomic E-state index is -0.378. The number of nitrogens with zero attached hydrogens (tertiary/aromatic N) is 1. The van der Waals surface area contributed by atoms with Gasteiger partial charge in [-0.1, -0.05) is 31.9 Å². The average Bonchev–Trinajstić information content (AvgIpc) is 2.18. The lowest BCUT2D eigenvalue weighted by molar-refractivity contribution is -0.914. The van der Waals surface area contributed by atoms with Crippen molar-refractivity contribution in [3.05, 3.63) is 0 Å². The standard InChI is InChI=1S/C10H18Br2NO2/c1-13(5-3-2-4-6-13)7-8-15-10(14)9(11)12/h9H,2-8H2,1H3/q+1. The van der Waals surface area contributed by atoms with Gasteiger partial charge in [-0.05, 0) is 19.3 Å². The highest BCUT2D eigenvalue weighted by Gasteiger charge is 2.25. The number of likely N-dealkylation sites (tertiary alicyclic amines) is 1. The summed E-state index contributed by atoms with van der Waals surface area (Å²) in [6.07, 6.45) is 3.94. The molecule has 0 aromatic rings. The minimum absolute atomic E-state index is 0.237. The summed E-state index contributed by atoms with van der Waals surface area (Å²) in [4.78, 5) is 11.2. The Morgan fingerprint density at radius 2 is 1.93 bits per heavy atom. The molecule has 3 nitrogen and oxygen atoms in total. The second-order valence-corrected chi connectivity index (χ2v) is 7.38. The Labute approximate surface area is 108 Å². The van der Waals surface area contributed by atoms with Gasteiger partial charge in [0.1, 0.15) is 13.2 Å². The van der Waals surface area contributed by atoms with Crippen LogP contribution in [0.4, 0.5) is 0 Å². The van der Waals surface area contributed by atoms with Crippen LogP contribution < -0.4 is 0 Å². The molecule has 0 aromatic carbocycles. The van der Waals surface area contributed by atoms with Gasteiger partial charge >= 0.3 is 5.97 Å². The molecule has 0 unspecified atom stereocenters. The highest BCUT2D eigenvalue weighted by Crippen LogP contribution is 2.16. The van der Waals surface area contributed by atoms with E-state index in [0.717, 1.165) is 11.0 Å². The van der Waals surface area contributed by atoms with Gasteiger partial charge in [-0.3, -0.25) is 0 Å². The van der Waals surface area contributed by atoms with Gasteiger partial charge in [0, 0.05) is 0 Å². The van der Waals surface area contributed by atoms with E-state index < -0.39 is 0 Å². The van der Waals surface area contributed by atoms with Crippen LogP contribution in [-0.4, -0.2) is 47.5 Å². The molecule has 1 saturated heterocycles. The highest BCUT2D eigenvalue weighted by atomic mass is 79.9. The highest BCUT2D eigenvalue weighted by molar-refractivity contribution is 9.25. The number of carbonyl (C=O) groups is 1. The van der Waals surface area contributed by atoms with Gasteiger partial charge in [0.15, 0.2) is 3.74 Å². The van der Waals surface area contributed by atoms with Crippen LogP contribution in [0.1, 0.15) is 19.3 Å². The lowest BCUT2D eigenvalue weighted by Gasteiger charge is -2.37. The molecule has 0 saturated carbocycles. The summed E-state index contributed by atoms with van der Waals surface area (Å²) < 4.78 is 5.79. The van der Waals surface area contributed by atoms with Crippen LogP contribution in [0.15, 0.2) is 0 Å². The Morgan fingerprint density at radius 3 is 2.47 bits per heavy atom. The van der Waals surface area contributed by atoms with Gasteiger partial charge in [0.05, 0.1) is 20.1 Å². The average molecular weight is 344 g/mol. The molecule has 1 aliphatic rings. The first kappa shape index (κ1) is 13.5. The van der Waals surface area contributed by atoms with E-state index >= 15 is 0 Å². The van der Waals surface area contributed by atoms with Crippen LogP contribution in [0.5, 0.6) is 0 Å². The number of piperidine rings is 1. The van der Waals surface area contributed by atoms with E-state index in [4.69, 9.17) is 4.74 Å². The van der Waals surface area contributed by atoms with Gasteiger partial charge in [0.2, 0.25) is 0 Å². The number of ether oxygens (including phenoxy) is 1. The van der Waals surface area contributed by atoms with Crippen LogP contribution >= 0.6 is 31.9 Å². The molecule has 0 spiro atoms. The van der Waals surface area contributed by atoms with Crippen molar-refractivity contribution in [1.82, 2.24) is 0 Å². The van der Waals surface area contributed by atoms with E-state index in [1.165, 1.54) is 32.4 Å². The first-order valence-electron chi connectivity index (χ1n) is 5.32. The van der Waals surface area contributed by atoms with E-state index in [0.29, 0.717) is 6.61 Å². The monoisotopic (exact) mass is 342 g/mol. The molecule has 15 heavy (non-hydrogen) atoms. The molecule has 0 atom stereocenters. The lowest BCUT2D eigenvalue weighted by Crippen LogP contribution is -2.49. The zero-order chi connectivity index (χ0) is 11.3. The SMILES string of the molecule is C[N+]1(CCOC(=O)C(Br)Br)CCCCC1. The Morgan fingerprint density at radius 1 is 1.33 bits per heavy atom. The molecular weight excluding hydrogens is 326 g/mol. The number of quaternary nitrogens is 1. The van der Waals surface area contributed by atoms with Crippen molar-refractivity contribution in [2.24, 2.45) is 0 Å². The number of alkyl halides is 2. The molecule has 0 radical (unpaired) electrons. The fraction of sp³-hybridized carbons (Fsp3) is 0.900. The van der Waals surface area contributed by atoms with Crippen molar-refractivity contribution < 1.29 is 14.0 Å². The van der Waals surface area contributed by atoms with E-state index in [9.17, 15) is 4.79 Å². The maximum Gasteiger partial charge on any atom is 0.330 e. The second kappa shape index (κ2) is 6.21. The quantitative estimate of drug-likeness (QED) is 0.444. The Kier molecular flexibility index (Phi) is 5.57. The molecule has 1 rings (SSSR count). The van der Waals surface area contributed by atoms with Crippen LogP contribution in [0, 0.1) is 0 Å². The zero-order valence-corrected chi connectivity index (χ0v) is 12.2. The van der Waals surface area contributed by atoms with Gasteiger partial charge in [-0.2, -0.15) is 0 Å². The number of hydrogen-bond donors (Lipinski definition) is 0. The first-order chi connectivity index (χ1) is 7.03.